The number of alkyl carbamates (subject to hydrolysis) is 2. The van der Waals surface area contributed by atoms with Crippen molar-refractivity contribution in [2.24, 2.45) is 5.92 Å². The van der Waals surface area contributed by atoms with Gasteiger partial charge in [0, 0.05) is 24.0 Å². The molecule has 0 spiro atoms. The largest absolute Gasteiger partial charge is 0.488 e. The molecule has 62 heavy (non-hydrogen) atoms. The van der Waals surface area contributed by atoms with Gasteiger partial charge in [-0.3, -0.25) is 9.59 Å². The monoisotopic (exact) mass is 840 g/mol. The number of fused-ring (bicyclic) bond motifs is 6. The molecule has 0 aliphatic carbocycles. The number of hydrogen-bond donors (Lipinski definition) is 4. The van der Waals surface area contributed by atoms with Crippen LogP contribution in [-0.2, 0) is 25.7 Å². The van der Waals surface area contributed by atoms with Gasteiger partial charge in [-0.05, 0) is 90.4 Å². The number of methoxy groups -OCH3 is 2. The number of H-pyrrole nitrogens is 2. The van der Waals surface area contributed by atoms with Crippen molar-refractivity contribution < 1.29 is 33.4 Å². The van der Waals surface area contributed by atoms with Crippen LogP contribution in [0.1, 0.15) is 75.8 Å². The van der Waals surface area contributed by atoms with Crippen molar-refractivity contribution in [1.29, 1.82) is 0 Å². The minimum atomic E-state index is -0.996. The maximum absolute atomic E-state index is 14.0. The van der Waals surface area contributed by atoms with E-state index >= 15 is 0 Å². The summed E-state index contributed by atoms with van der Waals surface area (Å²) in [4.78, 5) is 72.4. The number of nitrogens with one attached hydrogen (secondary N) is 4. The fourth-order valence-corrected chi connectivity index (χ4v) is 8.83. The summed E-state index contributed by atoms with van der Waals surface area (Å²) in [6.07, 6.45) is 10.7. The zero-order chi connectivity index (χ0) is 43.7. The molecule has 8 rings (SSSR count). The van der Waals surface area contributed by atoms with Gasteiger partial charge in [0.1, 0.15) is 36.1 Å². The van der Waals surface area contributed by atoms with Gasteiger partial charge in [-0.25, -0.2) is 19.6 Å². The summed E-state index contributed by atoms with van der Waals surface area (Å²) >= 11 is 0. The Balaban J connectivity index is 1.02. The van der Waals surface area contributed by atoms with Crippen molar-refractivity contribution in [2.45, 2.75) is 77.2 Å². The van der Waals surface area contributed by atoms with E-state index < -0.39 is 24.3 Å². The van der Waals surface area contributed by atoms with Gasteiger partial charge in [-0.1, -0.05) is 62.9 Å². The molecule has 4 N–H and O–H groups in total. The summed E-state index contributed by atoms with van der Waals surface area (Å²) in [7, 11) is 2.55. The number of nitrogens with zero attached hydrogens (tertiary/aromatic N) is 4. The normalized spacial score (nSPS) is 18.2. The summed E-state index contributed by atoms with van der Waals surface area (Å²) < 4.78 is 16.0. The molecule has 0 unspecified atom stereocenters. The Hall–Kier alpha value is -6.90. The first-order chi connectivity index (χ1) is 30.0. The number of carbonyl (C=O) groups is 4. The Morgan fingerprint density at radius 1 is 0.887 bits per heavy atom. The zero-order valence-electron chi connectivity index (χ0n) is 35.6. The lowest BCUT2D eigenvalue weighted by Crippen LogP contribution is -2.51. The first-order valence-electron chi connectivity index (χ1n) is 21.0. The van der Waals surface area contributed by atoms with Crippen molar-refractivity contribution in [3.63, 3.8) is 0 Å². The maximum Gasteiger partial charge on any atom is 0.407 e. The number of hydrogen-bond acceptors (Lipinski definition) is 9. The molecule has 4 atom stereocenters. The third-order valence-corrected chi connectivity index (χ3v) is 12.0. The van der Waals surface area contributed by atoms with Crippen LogP contribution in [0.3, 0.4) is 0 Å². The lowest BCUT2D eigenvalue weighted by Gasteiger charge is -2.29. The molecule has 0 saturated carbocycles. The molecule has 15 heteroatoms. The van der Waals surface area contributed by atoms with Crippen LogP contribution in [0, 0.1) is 5.92 Å². The second-order valence-electron chi connectivity index (χ2n) is 16.3. The van der Waals surface area contributed by atoms with E-state index in [0.717, 1.165) is 74.8 Å². The number of imidazole rings is 2. The predicted molar refractivity (Wildman–Crippen MR) is 235 cm³/mol. The molecule has 322 valence electrons. The average Bonchev–Trinajstić information content (AvgIpc) is 4.12. The molecule has 3 aliphatic heterocycles. The van der Waals surface area contributed by atoms with E-state index in [1.807, 2.05) is 43.9 Å². The Labute approximate surface area is 359 Å². The zero-order valence-corrected chi connectivity index (χ0v) is 35.6. The van der Waals surface area contributed by atoms with E-state index in [9.17, 15) is 19.2 Å². The van der Waals surface area contributed by atoms with Crippen molar-refractivity contribution >= 4 is 45.8 Å². The summed E-state index contributed by atoms with van der Waals surface area (Å²) in [6, 6.07) is 12.3. The number of benzene rings is 3. The highest BCUT2D eigenvalue weighted by Gasteiger charge is 2.39. The topological polar surface area (TPSA) is 184 Å². The van der Waals surface area contributed by atoms with Crippen LogP contribution >= 0.6 is 0 Å². The lowest BCUT2D eigenvalue weighted by atomic mass is 9.92. The van der Waals surface area contributed by atoms with Crippen molar-refractivity contribution in [1.82, 2.24) is 40.4 Å². The number of aromatic amines is 2. The van der Waals surface area contributed by atoms with E-state index in [1.165, 1.54) is 14.2 Å². The molecule has 5 aromatic rings. The fourth-order valence-electron chi connectivity index (χ4n) is 8.83. The number of allylic oxidation sites excluding steroid dienone is 3. The lowest BCUT2D eigenvalue weighted by molar-refractivity contribution is -0.135. The highest BCUT2D eigenvalue weighted by Crippen LogP contribution is 2.43. The molecule has 15 nitrogen and oxygen atoms in total. The predicted octanol–water partition coefficient (Wildman–Crippen LogP) is 7.79. The standard InChI is InChI=1S/C47H52N8O7/c1-7-8-9-12-27(4)40(53-47(59)61-6)45(57)54-19-10-13-36(54)42-48-24-35(50-42)29-15-17-31-30(21-29)25-62-38-23-32-28(22-33(31)38)16-18-34-41(32)51-43(49-34)37-14-11-20-55(37)44(56)39(26(2)3)52-46(58)60-5/h7-9,12,15-18,21-24,26,36-37,39-40H,4,10-11,13-14,19-20,25H2,1-3,5-6H3,(H,48,50)(H,49,51)(H,52,58)(H,53,59)/b8-7-,12-9-/t36-,37-,39-,40+/m0/s1. The van der Waals surface area contributed by atoms with Crippen LogP contribution in [0.25, 0.3) is 44.2 Å². The Bertz CT molecular complexity index is 2620. The third kappa shape index (κ3) is 8.02. The molecular weight excluding hydrogens is 789 g/mol. The number of carbonyl (C=O) groups excluding carboxylic acids is 4. The fraction of sp³-hybridized carbons (Fsp3) is 0.362. The number of aromatic nitrogens is 4. The van der Waals surface area contributed by atoms with Crippen LogP contribution in [0.4, 0.5) is 9.59 Å². The van der Waals surface area contributed by atoms with Gasteiger partial charge in [0.25, 0.3) is 5.91 Å². The SMILES string of the molecule is C=C(/C=C\C=C/C)[C@@H](NC(=O)OC)C(=O)N1CCC[C@H]1c1ncc(-c2ccc3c(c2)COc2cc4c(ccc5[nH]c([C@@H]6CCCN6C(=O)[C@@H](NC(=O)OC)C(C)C)nc54)cc2-3)[nH]1. The first-order valence-corrected chi connectivity index (χ1v) is 21.0. The Kier molecular flexibility index (Phi) is 11.9. The Morgan fingerprint density at radius 2 is 1.61 bits per heavy atom. The highest BCUT2D eigenvalue weighted by molar-refractivity contribution is 6.07. The molecule has 3 aromatic carbocycles. The molecule has 2 aromatic heterocycles. The van der Waals surface area contributed by atoms with Gasteiger partial charge in [0.2, 0.25) is 5.91 Å². The second-order valence-corrected chi connectivity index (χ2v) is 16.3. The minimum Gasteiger partial charge on any atom is -0.488 e. The van der Waals surface area contributed by atoms with Gasteiger partial charge < -0.3 is 44.6 Å². The van der Waals surface area contributed by atoms with Crippen LogP contribution in [0.15, 0.2) is 85.1 Å². The van der Waals surface area contributed by atoms with Gasteiger partial charge >= 0.3 is 12.2 Å². The van der Waals surface area contributed by atoms with Crippen LogP contribution in [0.5, 0.6) is 5.75 Å². The van der Waals surface area contributed by atoms with E-state index in [2.05, 4.69) is 63.6 Å². The van der Waals surface area contributed by atoms with Crippen molar-refractivity contribution in [3.8, 4) is 28.1 Å². The minimum absolute atomic E-state index is 0.128. The molecule has 0 bridgehead atoms. The van der Waals surface area contributed by atoms with Crippen LogP contribution in [-0.4, -0.2) is 93.1 Å². The molecular formula is C47H52N8O7. The number of ether oxygens (including phenoxy) is 3. The smallest absolute Gasteiger partial charge is 0.407 e. The highest BCUT2D eigenvalue weighted by atomic mass is 16.5. The van der Waals surface area contributed by atoms with Gasteiger partial charge in [-0.15, -0.1) is 0 Å². The second kappa shape index (κ2) is 17.6. The number of amides is 4. The van der Waals surface area contributed by atoms with Crippen LogP contribution in [0.2, 0.25) is 0 Å². The summed E-state index contributed by atoms with van der Waals surface area (Å²) in [5.41, 5.74) is 6.93. The molecule has 3 aliphatic rings. The molecule has 0 radical (unpaired) electrons. The van der Waals surface area contributed by atoms with Gasteiger partial charge in [0.15, 0.2) is 0 Å². The van der Waals surface area contributed by atoms with Crippen molar-refractivity contribution in [3.05, 3.63) is 102 Å². The molecule has 2 fully saturated rings. The summed E-state index contributed by atoms with van der Waals surface area (Å²) in [5.74, 6) is 1.57. The molecule has 2 saturated heterocycles. The van der Waals surface area contributed by atoms with E-state index in [-0.39, 0.29) is 29.8 Å². The quantitative estimate of drug-likeness (QED) is 0.0965. The molecule has 4 amide bonds. The first kappa shape index (κ1) is 41.8. The summed E-state index contributed by atoms with van der Waals surface area (Å²) in [5, 5.41) is 7.32. The average molecular weight is 841 g/mol. The molecule has 5 heterocycles. The maximum atomic E-state index is 14.0. The van der Waals surface area contributed by atoms with Gasteiger partial charge in [0.05, 0.1) is 49.2 Å². The number of likely N-dealkylation sites (tertiary alicyclic amines) is 2. The number of rotatable bonds is 11. The summed E-state index contributed by atoms with van der Waals surface area (Å²) in [6.45, 7) is 11.2. The van der Waals surface area contributed by atoms with Gasteiger partial charge in [-0.2, -0.15) is 0 Å². The van der Waals surface area contributed by atoms with E-state index in [0.29, 0.717) is 43.3 Å². The van der Waals surface area contributed by atoms with E-state index in [4.69, 9.17) is 24.2 Å². The van der Waals surface area contributed by atoms with E-state index in [1.54, 1.807) is 23.2 Å². The van der Waals surface area contributed by atoms with Crippen molar-refractivity contribution in [2.75, 3.05) is 27.3 Å². The van der Waals surface area contributed by atoms with Crippen LogP contribution < -0.4 is 15.4 Å². The third-order valence-electron chi connectivity index (χ3n) is 12.0. The Morgan fingerprint density at radius 3 is 2.34 bits per heavy atom.